The summed E-state index contributed by atoms with van der Waals surface area (Å²) < 4.78 is 0. The van der Waals surface area contributed by atoms with Crippen molar-refractivity contribution in [3.05, 3.63) is 29.8 Å². The molecule has 1 amide bonds. The van der Waals surface area contributed by atoms with Gasteiger partial charge in [0.25, 0.3) is 0 Å². The quantitative estimate of drug-likeness (QED) is 0.715. The van der Waals surface area contributed by atoms with E-state index in [9.17, 15) is 4.79 Å². The predicted octanol–water partition coefficient (Wildman–Crippen LogP) is 4.86. The molecule has 1 saturated carbocycles. The maximum absolute atomic E-state index is 12.8. The van der Waals surface area contributed by atoms with Crippen LogP contribution in [0, 0.1) is 0 Å². The topological polar surface area (TPSA) is 20.3 Å². The summed E-state index contributed by atoms with van der Waals surface area (Å²) in [7, 11) is 0. The van der Waals surface area contributed by atoms with E-state index < -0.39 is 0 Å². The molecule has 1 aliphatic carbocycles. The molecule has 0 bridgehead atoms. The third-order valence-electron chi connectivity index (χ3n) is 5.21. The first-order chi connectivity index (χ1) is 10.2. The standard InChI is InChI=1S/C18H24ClNO/c1-14-13-18(10-5-2-6-11-18)20(17(21)9-12-19)16-8-4-3-7-15(14)16/h3-4,7-8,14H,2,5-6,9-13H2,1H3. The van der Waals surface area contributed by atoms with Gasteiger partial charge in [-0.2, -0.15) is 0 Å². The molecule has 0 saturated heterocycles. The summed E-state index contributed by atoms with van der Waals surface area (Å²) in [5.74, 6) is 1.13. The van der Waals surface area contributed by atoms with Gasteiger partial charge in [0.05, 0.1) is 0 Å². The highest BCUT2D eigenvalue weighted by molar-refractivity contribution is 6.19. The van der Waals surface area contributed by atoms with E-state index in [1.807, 2.05) is 6.07 Å². The molecule has 1 heterocycles. The highest BCUT2D eigenvalue weighted by atomic mass is 35.5. The zero-order valence-corrected chi connectivity index (χ0v) is 13.5. The number of benzene rings is 1. The molecular formula is C18H24ClNO. The van der Waals surface area contributed by atoms with Crippen LogP contribution >= 0.6 is 11.6 Å². The van der Waals surface area contributed by atoms with Crippen LogP contribution in [0.15, 0.2) is 24.3 Å². The molecule has 3 rings (SSSR count). The molecule has 1 atom stereocenters. The smallest absolute Gasteiger partial charge is 0.228 e. The Morgan fingerprint density at radius 1 is 1.29 bits per heavy atom. The SMILES string of the molecule is CC1CC2(CCCCC2)N(C(=O)CCCl)c2ccccc21. The van der Waals surface area contributed by atoms with Crippen molar-refractivity contribution >= 4 is 23.2 Å². The molecule has 114 valence electrons. The largest absolute Gasteiger partial charge is 0.306 e. The van der Waals surface area contributed by atoms with Crippen LogP contribution in [-0.4, -0.2) is 17.3 Å². The van der Waals surface area contributed by atoms with Crippen molar-refractivity contribution in [2.24, 2.45) is 0 Å². The molecular weight excluding hydrogens is 282 g/mol. The molecule has 2 aliphatic rings. The second-order valence-electron chi connectivity index (χ2n) is 6.62. The number of amides is 1. The van der Waals surface area contributed by atoms with Gasteiger partial charge in [-0.25, -0.2) is 0 Å². The second-order valence-corrected chi connectivity index (χ2v) is 7.00. The van der Waals surface area contributed by atoms with Crippen LogP contribution in [0.3, 0.4) is 0 Å². The third-order valence-corrected chi connectivity index (χ3v) is 5.40. The van der Waals surface area contributed by atoms with Crippen molar-refractivity contribution < 1.29 is 4.79 Å². The van der Waals surface area contributed by atoms with Crippen LogP contribution in [0.5, 0.6) is 0 Å². The van der Waals surface area contributed by atoms with Crippen LogP contribution in [-0.2, 0) is 4.79 Å². The van der Waals surface area contributed by atoms with Crippen LogP contribution < -0.4 is 4.90 Å². The van der Waals surface area contributed by atoms with E-state index >= 15 is 0 Å². The molecule has 21 heavy (non-hydrogen) atoms. The number of alkyl halides is 1. The fourth-order valence-electron chi connectivity index (χ4n) is 4.36. The molecule has 0 radical (unpaired) electrons. The normalized spacial score (nSPS) is 23.9. The van der Waals surface area contributed by atoms with Gasteiger partial charge in [0.2, 0.25) is 5.91 Å². The number of hydrogen-bond donors (Lipinski definition) is 0. The molecule has 2 nitrogen and oxygen atoms in total. The minimum atomic E-state index is 0.0369. The van der Waals surface area contributed by atoms with E-state index in [1.165, 1.54) is 24.8 Å². The summed E-state index contributed by atoms with van der Waals surface area (Å²) in [5, 5.41) is 0. The molecule has 1 aliphatic heterocycles. The third kappa shape index (κ3) is 2.59. The molecule has 1 aromatic carbocycles. The molecule has 1 aromatic rings. The number of halogens is 1. The highest BCUT2D eigenvalue weighted by Crippen LogP contribution is 2.49. The zero-order valence-electron chi connectivity index (χ0n) is 12.8. The lowest BCUT2D eigenvalue weighted by Gasteiger charge is -2.52. The van der Waals surface area contributed by atoms with Gasteiger partial charge in [0.15, 0.2) is 0 Å². The first-order valence-electron chi connectivity index (χ1n) is 8.16. The van der Waals surface area contributed by atoms with Crippen molar-refractivity contribution in [1.29, 1.82) is 0 Å². The van der Waals surface area contributed by atoms with Gasteiger partial charge in [-0.05, 0) is 36.8 Å². The Bertz CT molecular complexity index is 522. The summed E-state index contributed by atoms with van der Waals surface area (Å²) in [6.07, 6.45) is 7.58. The molecule has 1 fully saturated rings. The summed E-state index contributed by atoms with van der Waals surface area (Å²) in [4.78, 5) is 14.9. The average Bonchev–Trinajstić information content (AvgIpc) is 2.48. The average molecular weight is 306 g/mol. The van der Waals surface area contributed by atoms with Crippen LogP contribution in [0.1, 0.15) is 63.4 Å². The van der Waals surface area contributed by atoms with Gasteiger partial charge in [-0.3, -0.25) is 4.79 Å². The maximum atomic E-state index is 12.8. The Hall–Kier alpha value is -1.02. The first kappa shape index (κ1) is 14.9. The molecule has 3 heteroatoms. The van der Waals surface area contributed by atoms with Crippen LogP contribution in [0.2, 0.25) is 0 Å². The van der Waals surface area contributed by atoms with Gasteiger partial charge >= 0.3 is 0 Å². The minimum absolute atomic E-state index is 0.0369. The number of carbonyl (C=O) groups excluding carboxylic acids is 1. The Labute approximate surface area is 132 Å². The lowest BCUT2D eigenvalue weighted by molar-refractivity contribution is -0.120. The van der Waals surface area contributed by atoms with Crippen LogP contribution in [0.4, 0.5) is 5.69 Å². The van der Waals surface area contributed by atoms with E-state index in [-0.39, 0.29) is 11.4 Å². The minimum Gasteiger partial charge on any atom is -0.306 e. The first-order valence-corrected chi connectivity index (χ1v) is 8.69. The van der Waals surface area contributed by atoms with E-state index in [4.69, 9.17) is 11.6 Å². The number of para-hydroxylation sites is 1. The number of fused-ring (bicyclic) bond motifs is 1. The molecule has 1 unspecified atom stereocenters. The van der Waals surface area contributed by atoms with E-state index in [2.05, 4.69) is 30.0 Å². The van der Waals surface area contributed by atoms with E-state index in [1.54, 1.807) is 0 Å². The summed E-state index contributed by atoms with van der Waals surface area (Å²) in [6.45, 7) is 2.30. The van der Waals surface area contributed by atoms with Crippen molar-refractivity contribution in [1.82, 2.24) is 0 Å². The van der Waals surface area contributed by atoms with Crippen molar-refractivity contribution in [3.63, 3.8) is 0 Å². The number of nitrogens with zero attached hydrogens (tertiary/aromatic N) is 1. The second kappa shape index (κ2) is 6.00. The van der Waals surface area contributed by atoms with E-state index in [0.29, 0.717) is 18.2 Å². The van der Waals surface area contributed by atoms with Gasteiger partial charge in [-0.1, -0.05) is 44.4 Å². The lowest BCUT2D eigenvalue weighted by Crippen LogP contribution is -2.56. The van der Waals surface area contributed by atoms with Crippen molar-refractivity contribution in [3.8, 4) is 0 Å². The van der Waals surface area contributed by atoms with Gasteiger partial charge in [0.1, 0.15) is 0 Å². The zero-order chi connectivity index (χ0) is 14.9. The summed E-state index contributed by atoms with van der Waals surface area (Å²) >= 11 is 5.85. The summed E-state index contributed by atoms with van der Waals surface area (Å²) in [5.41, 5.74) is 2.49. The van der Waals surface area contributed by atoms with Gasteiger partial charge in [0, 0.05) is 23.5 Å². The Balaban J connectivity index is 2.06. The molecule has 1 spiro atoms. The van der Waals surface area contributed by atoms with Gasteiger partial charge in [-0.15, -0.1) is 11.6 Å². The molecule has 0 aromatic heterocycles. The predicted molar refractivity (Wildman–Crippen MR) is 88.1 cm³/mol. The van der Waals surface area contributed by atoms with Crippen LogP contribution in [0.25, 0.3) is 0 Å². The van der Waals surface area contributed by atoms with Crippen molar-refractivity contribution in [2.75, 3.05) is 10.8 Å². The number of rotatable bonds is 2. The maximum Gasteiger partial charge on any atom is 0.228 e. The van der Waals surface area contributed by atoms with E-state index in [0.717, 1.165) is 24.9 Å². The number of carbonyl (C=O) groups is 1. The van der Waals surface area contributed by atoms with Gasteiger partial charge < -0.3 is 4.90 Å². The summed E-state index contributed by atoms with van der Waals surface area (Å²) in [6, 6.07) is 8.43. The fourth-order valence-corrected chi connectivity index (χ4v) is 4.53. The number of hydrogen-bond acceptors (Lipinski definition) is 1. The fraction of sp³-hybridized carbons (Fsp3) is 0.611. The Morgan fingerprint density at radius 3 is 2.71 bits per heavy atom. The number of anilines is 1. The lowest BCUT2D eigenvalue weighted by atomic mass is 9.70. The van der Waals surface area contributed by atoms with Crippen molar-refractivity contribution in [2.45, 2.75) is 63.3 Å². The molecule has 0 N–H and O–H groups in total. The highest BCUT2D eigenvalue weighted by Gasteiger charge is 2.46. The monoisotopic (exact) mass is 305 g/mol. The Morgan fingerprint density at radius 2 is 2.00 bits per heavy atom. The Kier molecular flexibility index (Phi) is 4.26.